The second-order valence-corrected chi connectivity index (χ2v) is 17.2. The summed E-state index contributed by atoms with van der Waals surface area (Å²) >= 11 is 0. The molecule has 0 fully saturated rings. The zero-order valence-electron chi connectivity index (χ0n) is 25.2. The van der Waals surface area contributed by atoms with E-state index < -0.39 is 28.3 Å². The summed E-state index contributed by atoms with van der Waals surface area (Å²) in [6.07, 6.45) is 4.19. The molecule has 0 aromatic heterocycles. The molecular weight excluding hydrogens is 565 g/mol. The maximum atomic E-state index is 13.1. The third kappa shape index (κ3) is 9.46. The monoisotopic (exact) mass is 611 g/mol. The van der Waals surface area contributed by atoms with E-state index >= 15 is 0 Å². The van der Waals surface area contributed by atoms with Gasteiger partial charge in [-0.25, -0.2) is 4.57 Å². The predicted molar refractivity (Wildman–Crippen MR) is 171 cm³/mol. The molecule has 1 amide bonds. The highest BCUT2D eigenvalue weighted by atomic mass is 31.2. The van der Waals surface area contributed by atoms with E-state index in [9.17, 15) is 19.1 Å². The fraction of sp³-hybridized carbons (Fsp3) is 0.424. The molecule has 0 aliphatic heterocycles. The van der Waals surface area contributed by atoms with Gasteiger partial charge < -0.3 is 19.5 Å². The van der Waals surface area contributed by atoms with E-state index in [1.165, 1.54) is 0 Å². The molecule has 3 aromatic rings. The molecule has 0 aliphatic rings. The fourth-order valence-corrected chi connectivity index (χ4v) is 10.6. The Balaban J connectivity index is 2.01. The summed E-state index contributed by atoms with van der Waals surface area (Å²) in [5, 5.41) is 4.74. The molecule has 0 aliphatic carbocycles. The predicted octanol–water partition coefficient (Wildman–Crippen LogP) is 6.26. The molecule has 228 valence electrons. The second kappa shape index (κ2) is 15.8. The molecule has 0 saturated carbocycles. The van der Waals surface area contributed by atoms with Gasteiger partial charge in [0.1, 0.15) is 6.10 Å². The van der Waals surface area contributed by atoms with Gasteiger partial charge in [-0.3, -0.25) is 9.32 Å². The van der Waals surface area contributed by atoms with Crippen LogP contribution in [0.25, 0.3) is 0 Å². The summed E-state index contributed by atoms with van der Waals surface area (Å²) in [5.74, 6) is -0.190. The number of benzene rings is 3. The van der Waals surface area contributed by atoms with Gasteiger partial charge in [-0.05, 0) is 27.4 Å². The van der Waals surface area contributed by atoms with Gasteiger partial charge in [-0.2, -0.15) is 0 Å². The molecule has 42 heavy (non-hydrogen) atoms. The SMILES string of the molecule is CCCCCCCC(=O)N[C@H](c1ccccc1)[C@H](CO[Si](c1ccccc1)(c1ccccc1)C(C)(C)C)OP(=O)(O)O. The molecule has 2 atom stereocenters. The van der Waals surface area contributed by atoms with Crippen molar-refractivity contribution in [3.05, 3.63) is 96.6 Å². The summed E-state index contributed by atoms with van der Waals surface area (Å²) in [6.45, 7) is 8.40. The average molecular weight is 612 g/mol. The molecular formula is C33H46NO6PSi. The van der Waals surface area contributed by atoms with Crippen LogP contribution in [0.5, 0.6) is 0 Å². The number of rotatable bonds is 16. The van der Waals surface area contributed by atoms with Gasteiger partial charge in [0.25, 0.3) is 8.32 Å². The van der Waals surface area contributed by atoms with E-state index in [1.807, 2.05) is 66.7 Å². The van der Waals surface area contributed by atoms with Crippen LogP contribution in [0.3, 0.4) is 0 Å². The van der Waals surface area contributed by atoms with Crippen molar-refractivity contribution in [3.8, 4) is 0 Å². The standard InChI is InChI=1S/C33H46NO6PSi/c1-5-6-7-8-18-25-31(35)34-32(27-19-12-9-13-20-27)30(40-41(36,37)38)26-39-42(33(2,3)4,28-21-14-10-15-22-28)29-23-16-11-17-24-29/h9-17,19-24,30,32H,5-8,18,25-26H2,1-4H3,(H,34,35)(H2,36,37,38)/t30-,32+/m0/s1. The smallest absolute Gasteiger partial charge is 0.405 e. The lowest BCUT2D eigenvalue weighted by Crippen LogP contribution is -2.67. The van der Waals surface area contributed by atoms with Crippen LogP contribution >= 0.6 is 7.82 Å². The maximum Gasteiger partial charge on any atom is 0.470 e. The summed E-state index contributed by atoms with van der Waals surface area (Å²) in [5.41, 5.74) is 0.682. The number of nitrogens with one attached hydrogen (secondary N) is 1. The molecule has 0 bridgehead atoms. The number of amides is 1. The summed E-state index contributed by atoms with van der Waals surface area (Å²) in [4.78, 5) is 33.1. The Morgan fingerprint density at radius 1 is 0.833 bits per heavy atom. The maximum absolute atomic E-state index is 13.1. The highest BCUT2D eigenvalue weighted by Crippen LogP contribution is 2.42. The van der Waals surface area contributed by atoms with Crippen LogP contribution in [0.15, 0.2) is 91.0 Å². The van der Waals surface area contributed by atoms with Crippen molar-refractivity contribution in [2.75, 3.05) is 6.61 Å². The fourth-order valence-electron chi connectivity index (χ4n) is 5.52. The molecule has 3 aromatic carbocycles. The normalized spacial score (nSPS) is 13.9. The molecule has 3 N–H and O–H groups in total. The Labute approximate surface area is 252 Å². The Morgan fingerprint density at radius 3 is 1.81 bits per heavy atom. The highest BCUT2D eigenvalue weighted by Gasteiger charge is 2.51. The van der Waals surface area contributed by atoms with E-state index in [2.05, 4.69) is 57.3 Å². The third-order valence-corrected chi connectivity index (χ3v) is 13.1. The van der Waals surface area contributed by atoms with Crippen LogP contribution in [0.2, 0.25) is 5.04 Å². The van der Waals surface area contributed by atoms with Crippen LogP contribution in [0, 0.1) is 0 Å². The third-order valence-electron chi connectivity index (χ3n) is 7.51. The minimum Gasteiger partial charge on any atom is -0.405 e. The summed E-state index contributed by atoms with van der Waals surface area (Å²) in [6, 6.07) is 28.4. The first-order chi connectivity index (χ1) is 20.0. The number of carbonyl (C=O) groups excluding carboxylic acids is 1. The van der Waals surface area contributed by atoms with Crippen molar-refractivity contribution in [2.24, 2.45) is 0 Å². The van der Waals surface area contributed by atoms with Crippen LogP contribution in [0.4, 0.5) is 0 Å². The van der Waals surface area contributed by atoms with Crippen molar-refractivity contribution in [1.82, 2.24) is 5.32 Å². The number of phosphoric ester groups is 1. The number of hydrogen-bond donors (Lipinski definition) is 3. The lowest BCUT2D eigenvalue weighted by Gasteiger charge is -2.44. The van der Waals surface area contributed by atoms with Crippen LogP contribution in [-0.4, -0.2) is 36.7 Å². The van der Waals surface area contributed by atoms with Crippen LogP contribution in [0.1, 0.15) is 77.8 Å². The van der Waals surface area contributed by atoms with E-state index in [1.54, 1.807) is 0 Å². The average Bonchev–Trinajstić information content (AvgIpc) is 2.96. The Morgan fingerprint density at radius 2 is 1.33 bits per heavy atom. The van der Waals surface area contributed by atoms with Gasteiger partial charge in [-0.1, -0.05) is 144 Å². The van der Waals surface area contributed by atoms with Gasteiger partial charge >= 0.3 is 7.82 Å². The molecule has 9 heteroatoms. The van der Waals surface area contributed by atoms with Gasteiger partial charge in [0.15, 0.2) is 0 Å². The molecule has 7 nitrogen and oxygen atoms in total. The first kappa shape index (κ1) is 33.9. The molecule has 0 heterocycles. The molecule has 0 saturated heterocycles. The number of phosphoric acid groups is 1. The molecule has 0 spiro atoms. The summed E-state index contributed by atoms with van der Waals surface area (Å²) in [7, 11) is -8.01. The largest absolute Gasteiger partial charge is 0.470 e. The number of carbonyl (C=O) groups is 1. The van der Waals surface area contributed by atoms with Gasteiger partial charge in [0, 0.05) is 6.42 Å². The second-order valence-electron chi connectivity index (χ2n) is 11.7. The van der Waals surface area contributed by atoms with Crippen molar-refractivity contribution < 1.29 is 28.1 Å². The van der Waals surface area contributed by atoms with E-state index in [4.69, 9.17) is 8.95 Å². The zero-order chi connectivity index (χ0) is 30.6. The van der Waals surface area contributed by atoms with E-state index in [0.29, 0.717) is 12.0 Å². The van der Waals surface area contributed by atoms with Gasteiger partial charge in [0.05, 0.1) is 12.6 Å². The minimum absolute atomic E-state index is 0.144. The quantitative estimate of drug-likeness (QED) is 0.100. The number of unbranched alkanes of at least 4 members (excludes halogenated alkanes) is 4. The lowest BCUT2D eigenvalue weighted by atomic mass is 10.0. The Kier molecular flexibility index (Phi) is 12.7. The molecule has 3 rings (SSSR count). The summed E-state index contributed by atoms with van der Waals surface area (Å²) < 4.78 is 24.8. The van der Waals surface area contributed by atoms with E-state index in [-0.39, 0.29) is 17.6 Å². The van der Waals surface area contributed by atoms with Crippen LogP contribution in [-0.2, 0) is 18.3 Å². The van der Waals surface area contributed by atoms with Gasteiger partial charge in [-0.15, -0.1) is 0 Å². The number of hydrogen-bond acceptors (Lipinski definition) is 4. The van der Waals surface area contributed by atoms with Crippen molar-refractivity contribution in [1.29, 1.82) is 0 Å². The molecule has 0 unspecified atom stereocenters. The Bertz CT molecular complexity index is 1220. The molecule has 0 radical (unpaired) electrons. The van der Waals surface area contributed by atoms with Crippen molar-refractivity contribution in [2.45, 2.75) is 83.4 Å². The minimum atomic E-state index is -4.96. The zero-order valence-corrected chi connectivity index (χ0v) is 27.1. The Hall–Kier alpha value is -2.58. The van der Waals surface area contributed by atoms with Crippen molar-refractivity contribution in [3.63, 3.8) is 0 Å². The van der Waals surface area contributed by atoms with E-state index in [0.717, 1.165) is 42.5 Å². The van der Waals surface area contributed by atoms with Gasteiger partial charge in [0.2, 0.25) is 5.91 Å². The van der Waals surface area contributed by atoms with Crippen LogP contribution < -0.4 is 15.7 Å². The van der Waals surface area contributed by atoms with Crippen molar-refractivity contribution >= 4 is 32.4 Å². The topological polar surface area (TPSA) is 105 Å². The first-order valence-corrected chi connectivity index (χ1v) is 18.2. The highest BCUT2D eigenvalue weighted by molar-refractivity contribution is 7.46. The first-order valence-electron chi connectivity index (χ1n) is 14.8. The lowest BCUT2D eigenvalue weighted by molar-refractivity contribution is -0.123.